The monoisotopic (exact) mass is 472 g/mol. The van der Waals surface area contributed by atoms with Crippen LogP contribution in [0, 0.1) is 24.2 Å². The van der Waals surface area contributed by atoms with Gasteiger partial charge in [0, 0.05) is 11.9 Å². The summed E-state index contributed by atoms with van der Waals surface area (Å²) in [5.74, 6) is 0.234. The molecule has 8 heteroatoms. The maximum absolute atomic E-state index is 13.1. The highest BCUT2D eigenvalue weighted by Gasteiger charge is 2.27. The Morgan fingerprint density at radius 2 is 1.89 bits per heavy atom. The molecule has 3 aromatic rings. The predicted octanol–water partition coefficient (Wildman–Crippen LogP) is 5.33. The number of nitrogens with one attached hydrogen (secondary N) is 2. The number of pyridine rings is 1. The minimum atomic E-state index is -0.773. The molecule has 0 aliphatic rings. The van der Waals surface area contributed by atoms with E-state index in [1.165, 1.54) is 0 Å². The molecule has 1 heterocycles. The third kappa shape index (κ3) is 7.05. The van der Waals surface area contributed by atoms with Gasteiger partial charge in [0.15, 0.2) is 0 Å². The van der Waals surface area contributed by atoms with Crippen LogP contribution in [0.2, 0.25) is 0 Å². The van der Waals surface area contributed by atoms with Gasteiger partial charge in [-0.15, -0.1) is 0 Å². The normalized spacial score (nSPS) is 12.1. The summed E-state index contributed by atoms with van der Waals surface area (Å²) >= 11 is 0. The molecule has 1 aromatic heterocycles. The molecule has 0 saturated carbocycles. The van der Waals surface area contributed by atoms with Gasteiger partial charge in [0.1, 0.15) is 30.0 Å². The van der Waals surface area contributed by atoms with Crippen LogP contribution in [0.3, 0.4) is 0 Å². The first kappa shape index (κ1) is 25.2. The summed E-state index contributed by atoms with van der Waals surface area (Å²) in [6, 6.07) is 19.0. The maximum atomic E-state index is 13.1. The molecular weight excluding hydrogens is 444 g/mol. The van der Waals surface area contributed by atoms with E-state index < -0.39 is 12.1 Å². The van der Waals surface area contributed by atoms with E-state index in [9.17, 15) is 14.9 Å². The fourth-order valence-electron chi connectivity index (χ4n) is 3.31. The van der Waals surface area contributed by atoms with E-state index in [2.05, 4.69) is 15.6 Å². The number of benzene rings is 2. The summed E-state index contributed by atoms with van der Waals surface area (Å²) in [5.41, 5.74) is 2.51. The molecule has 2 aromatic carbocycles. The van der Waals surface area contributed by atoms with Crippen molar-refractivity contribution in [3.05, 3.63) is 83.6 Å². The SMILES string of the molecule is CC[C@H](C)[C@H](NC(=O)OCc1ccccc1)C(=O)Nc1ccc(Oc2ncccc2C#N)cc1C. The lowest BCUT2D eigenvalue weighted by atomic mass is 9.98. The first-order chi connectivity index (χ1) is 16.9. The van der Waals surface area contributed by atoms with Crippen LogP contribution in [0.1, 0.15) is 37.0 Å². The Balaban J connectivity index is 1.65. The molecule has 0 saturated heterocycles. The number of ether oxygens (including phenoxy) is 2. The summed E-state index contributed by atoms with van der Waals surface area (Å²) in [6.45, 7) is 5.79. The highest BCUT2D eigenvalue weighted by atomic mass is 16.5. The molecule has 0 unspecified atom stereocenters. The molecule has 0 aliphatic heterocycles. The van der Waals surface area contributed by atoms with Gasteiger partial charge >= 0.3 is 6.09 Å². The number of carbonyl (C=O) groups is 2. The molecule has 0 fully saturated rings. The van der Waals surface area contributed by atoms with Crippen molar-refractivity contribution < 1.29 is 19.1 Å². The van der Waals surface area contributed by atoms with Crippen LogP contribution in [0.15, 0.2) is 66.9 Å². The zero-order valence-electron chi connectivity index (χ0n) is 19.9. The van der Waals surface area contributed by atoms with E-state index in [1.54, 1.807) is 36.5 Å². The van der Waals surface area contributed by atoms with Gasteiger partial charge in [-0.3, -0.25) is 4.79 Å². The van der Waals surface area contributed by atoms with Crippen LogP contribution in [0.5, 0.6) is 11.6 Å². The smallest absolute Gasteiger partial charge is 0.408 e. The number of hydrogen-bond acceptors (Lipinski definition) is 6. The van der Waals surface area contributed by atoms with E-state index >= 15 is 0 Å². The zero-order chi connectivity index (χ0) is 25.2. The second-order valence-electron chi connectivity index (χ2n) is 8.11. The van der Waals surface area contributed by atoms with Crippen molar-refractivity contribution in [1.29, 1.82) is 5.26 Å². The molecule has 3 rings (SSSR count). The fraction of sp³-hybridized carbons (Fsp3) is 0.259. The van der Waals surface area contributed by atoms with Crippen LogP contribution in [0.4, 0.5) is 10.5 Å². The van der Waals surface area contributed by atoms with Crippen LogP contribution in [-0.2, 0) is 16.1 Å². The lowest BCUT2D eigenvalue weighted by Crippen LogP contribution is -2.47. The molecule has 0 bridgehead atoms. The molecular formula is C27H28N4O4. The number of alkyl carbamates (subject to hydrolysis) is 1. The van der Waals surface area contributed by atoms with Gasteiger partial charge < -0.3 is 20.1 Å². The number of hydrogen-bond donors (Lipinski definition) is 2. The molecule has 2 amide bonds. The Bertz CT molecular complexity index is 1210. The number of carbonyl (C=O) groups excluding carboxylic acids is 2. The highest BCUT2D eigenvalue weighted by molar-refractivity contribution is 5.97. The first-order valence-electron chi connectivity index (χ1n) is 11.3. The van der Waals surface area contributed by atoms with Crippen LogP contribution < -0.4 is 15.4 Å². The van der Waals surface area contributed by atoms with Crippen molar-refractivity contribution in [2.45, 2.75) is 39.8 Å². The Labute approximate surface area is 204 Å². The third-order valence-electron chi connectivity index (χ3n) is 5.54. The average molecular weight is 473 g/mol. The Morgan fingerprint density at radius 1 is 1.11 bits per heavy atom. The van der Waals surface area contributed by atoms with Crippen molar-refractivity contribution in [2.24, 2.45) is 5.92 Å². The van der Waals surface area contributed by atoms with Gasteiger partial charge in [-0.25, -0.2) is 9.78 Å². The molecule has 0 aliphatic carbocycles. The Morgan fingerprint density at radius 3 is 2.57 bits per heavy atom. The molecule has 0 radical (unpaired) electrons. The average Bonchev–Trinajstić information content (AvgIpc) is 2.88. The van der Waals surface area contributed by atoms with Gasteiger partial charge in [-0.05, 0) is 54.3 Å². The molecule has 2 N–H and O–H groups in total. The number of amides is 2. The van der Waals surface area contributed by atoms with Gasteiger partial charge in [0.25, 0.3) is 0 Å². The van der Waals surface area contributed by atoms with Crippen molar-refractivity contribution in [1.82, 2.24) is 10.3 Å². The number of aromatic nitrogens is 1. The van der Waals surface area contributed by atoms with E-state index in [0.717, 1.165) is 11.1 Å². The van der Waals surface area contributed by atoms with Gasteiger partial charge in [-0.2, -0.15) is 5.26 Å². The molecule has 35 heavy (non-hydrogen) atoms. The second kappa shape index (κ2) is 12.2. The number of aryl methyl sites for hydroxylation is 1. The lowest BCUT2D eigenvalue weighted by Gasteiger charge is -2.23. The first-order valence-corrected chi connectivity index (χ1v) is 11.3. The quantitative estimate of drug-likeness (QED) is 0.435. The lowest BCUT2D eigenvalue weighted by molar-refractivity contribution is -0.119. The minimum Gasteiger partial charge on any atom is -0.445 e. The molecule has 8 nitrogen and oxygen atoms in total. The summed E-state index contributed by atoms with van der Waals surface area (Å²) in [5, 5.41) is 14.8. The Hall–Kier alpha value is -4.38. The Kier molecular flexibility index (Phi) is 8.79. The van der Waals surface area contributed by atoms with E-state index in [0.29, 0.717) is 23.4 Å². The van der Waals surface area contributed by atoms with E-state index in [1.807, 2.05) is 57.2 Å². The van der Waals surface area contributed by atoms with E-state index in [4.69, 9.17) is 9.47 Å². The number of nitriles is 1. The summed E-state index contributed by atoms with van der Waals surface area (Å²) in [7, 11) is 0. The number of nitrogens with zero attached hydrogens (tertiary/aromatic N) is 2. The summed E-state index contributed by atoms with van der Waals surface area (Å²) < 4.78 is 11.0. The van der Waals surface area contributed by atoms with Gasteiger partial charge in [-0.1, -0.05) is 50.6 Å². The van der Waals surface area contributed by atoms with Gasteiger partial charge in [0.05, 0.1) is 0 Å². The van der Waals surface area contributed by atoms with Crippen LogP contribution in [0.25, 0.3) is 0 Å². The molecule has 180 valence electrons. The predicted molar refractivity (Wildman–Crippen MR) is 132 cm³/mol. The minimum absolute atomic E-state index is 0.115. The van der Waals surface area contributed by atoms with E-state index in [-0.39, 0.29) is 24.3 Å². The third-order valence-corrected chi connectivity index (χ3v) is 5.54. The second-order valence-corrected chi connectivity index (χ2v) is 8.11. The van der Waals surface area contributed by atoms with Crippen molar-refractivity contribution >= 4 is 17.7 Å². The fourth-order valence-corrected chi connectivity index (χ4v) is 3.31. The van der Waals surface area contributed by atoms with Crippen LogP contribution in [-0.4, -0.2) is 23.0 Å². The topological polar surface area (TPSA) is 113 Å². The van der Waals surface area contributed by atoms with Gasteiger partial charge in [0.2, 0.25) is 11.8 Å². The van der Waals surface area contributed by atoms with Crippen molar-refractivity contribution in [3.63, 3.8) is 0 Å². The summed E-state index contributed by atoms with van der Waals surface area (Å²) in [4.78, 5) is 29.6. The van der Waals surface area contributed by atoms with Crippen molar-refractivity contribution in [2.75, 3.05) is 5.32 Å². The largest absolute Gasteiger partial charge is 0.445 e. The molecule has 0 spiro atoms. The summed E-state index contributed by atoms with van der Waals surface area (Å²) in [6.07, 6.45) is 1.58. The standard InChI is InChI=1S/C27H28N4O4/c1-4-18(2)24(31-27(33)34-17-20-9-6-5-7-10-20)25(32)30-23-13-12-22(15-19(23)3)35-26-21(16-28)11-8-14-29-26/h5-15,18,24H,4,17H2,1-3H3,(H,30,32)(H,31,33)/t18-,24-/m0/s1. The number of anilines is 1. The highest BCUT2D eigenvalue weighted by Crippen LogP contribution is 2.27. The zero-order valence-corrected chi connectivity index (χ0v) is 19.9. The maximum Gasteiger partial charge on any atom is 0.408 e. The number of rotatable bonds is 9. The van der Waals surface area contributed by atoms with Crippen molar-refractivity contribution in [3.8, 4) is 17.7 Å². The van der Waals surface area contributed by atoms with Crippen LogP contribution >= 0.6 is 0 Å². The molecule has 2 atom stereocenters.